The van der Waals surface area contributed by atoms with Crippen LogP contribution in [0.1, 0.15) is 43.7 Å². The normalized spacial score (nSPS) is 14.6. The van der Waals surface area contributed by atoms with Crippen LogP contribution >= 0.6 is 35.0 Å². The van der Waals surface area contributed by atoms with Crippen molar-refractivity contribution in [1.29, 1.82) is 0 Å². The van der Waals surface area contributed by atoms with E-state index in [-0.39, 0.29) is 35.8 Å². The first-order chi connectivity index (χ1) is 16.3. The van der Waals surface area contributed by atoms with Crippen LogP contribution in [-0.4, -0.2) is 39.5 Å². The van der Waals surface area contributed by atoms with E-state index >= 15 is 0 Å². The summed E-state index contributed by atoms with van der Waals surface area (Å²) < 4.78 is 0. The number of halogens is 2. The summed E-state index contributed by atoms with van der Waals surface area (Å²) in [5, 5.41) is 14.8. The van der Waals surface area contributed by atoms with E-state index in [1.165, 1.54) is 28.8 Å². The number of carbonyl (C=O) groups is 2. The van der Waals surface area contributed by atoms with Gasteiger partial charge in [0.25, 0.3) is 5.69 Å². The second-order valence-electron chi connectivity index (χ2n) is 8.30. The van der Waals surface area contributed by atoms with Crippen LogP contribution in [0.3, 0.4) is 0 Å². The van der Waals surface area contributed by atoms with Gasteiger partial charge in [-0.1, -0.05) is 54.2 Å². The zero-order valence-corrected chi connectivity index (χ0v) is 21.2. The first-order valence-electron chi connectivity index (χ1n) is 11.1. The predicted molar refractivity (Wildman–Crippen MR) is 136 cm³/mol. The molecule has 10 heteroatoms. The molecular formula is C24H27Cl2N3O4S. The van der Waals surface area contributed by atoms with Crippen LogP contribution in [0, 0.1) is 10.1 Å². The first kappa shape index (κ1) is 26.3. The summed E-state index contributed by atoms with van der Waals surface area (Å²) >= 11 is 14.1. The van der Waals surface area contributed by atoms with Gasteiger partial charge in [0, 0.05) is 46.1 Å². The Bertz CT molecular complexity index is 1010. The highest BCUT2D eigenvalue weighted by atomic mass is 35.5. The fourth-order valence-electron chi connectivity index (χ4n) is 3.88. The van der Waals surface area contributed by atoms with E-state index in [1.54, 1.807) is 37.3 Å². The van der Waals surface area contributed by atoms with Crippen LogP contribution in [0.2, 0.25) is 10.0 Å². The molecule has 182 valence electrons. The number of nitro groups is 1. The van der Waals surface area contributed by atoms with Crippen molar-refractivity contribution in [2.75, 3.05) is 5.75 Å². The number of amides is 2. The largest absolute Gasteiger partial charge is 0.352 e. The molecule has 34 heavy (non-hydrogen) atoms. The molecule has 7 nitrogen and oxygen atoms in total. The second kappa shape index (κ2) is 12.4. The van der Waals surface area contributed by atoms with Gasteiger partial charge < -0.3 is 10.2 Å². The zero-order valence-electron chi connectivity index (χ0n) is 18.8. The highest BCUT2D eigenvalue weighted by Crippen LogP contribution is 2.27. The Morgan fingerprint density at radius 3 is 2.35 bits per heavy atom. The lowest BCUT2D eigenvalue weighted by Gasteiger charge is -2.30. The van der Waals surface area contributed by atoms with Crippen molar-refractivity contribution < 1.29 is 14.5 Å². The lowest BCUT2D eigenvalue weighted by molar-refractivity contribution is -0.384. The Balaban J connectivity index is 1.68. The molecule has 1 atom stereocenters. The van der Waals surface area contributed by atoms with E-state index in [1.807, 2.05) is 0 Å². The van der Waals surface area contributed by atoms with Crippen LogP contribution < -0.4 is 5.32 Å². The van der Waals surface area contributed by atoms with Gasteiger partial charge in [-0.25, -0.2) is 0 Å². The average Bonchev–Trinajstić information content (AvgIpc) is 3.32. The smallest absolute Gasteiger partial charge is 0.269 e. The molecule has 2 amide bonds. The van der Waals surface area contributed by atoms with E-state index in [0.717, 1.165) is 31.2 Å². The molecule has 2 aromatic rings. The number of carbonyl (C=O) groups excluding carboxylic acids is 2. The lowest BCUT2D eigenvalue weighted by Crippen LogP contribution is -2.50. The van der Waals surface area contributed by atoms with Crippen LogP contribution in [0.15, 0.2) is 42.5 Å². The third-order valence-corrected chi connectivity index (χ3v) is 7.60. The fourth-order valence-corrected chi connectivity index (χ4v) is 5.27. The van der Waals surface area contributed by atoms with Crippen LogP contribution in [0.5, 0.6) is 0 Å². The molecule has 0 saturated heterocycles. The van der Waals surface area contributed by atoms with Gasteiger partial charge in [0.2, 0.25) is 11.8 Å². The number of non-ortho nitro benzene ring substituents is 1. The van der Waals surface area contributed by atoms with E-state index in [4.69, 9.17) is 23.2 Å². The highest BCUT2D eigenvalue weighted by Gasteiger charge is 2.29. The molecule has 1 N–H and O–H groups in total. The van der Waals surface area contributed by atoms with Gasteiger partial charge in [-0.15, -0.1) is 11.8 Å². The lowest BCUT2D eigenvalue weighted by atomic mass is 10.1. The Morgan fingerprint density at radius 2 is 1.76 bits per heavy atom. The summed E-state index contributed by atoms with van der Waals surface area (Å²) in [7, 11) is 0. The number of rotatable bonds is 10. The maximum Gasteiger partial charge on any atom is 0.269 e. The van der Waals surface area contributed by atoms with Crippen LogP contribution in [0.4, 0.5) is 5.69 Å². The number of hydrogen-bond acceptors (Lipinski definition) is 5. The molecule has 1 fully saturated rings. The molecule has 1 saturated carbocycles. The third kappa shape index (κ3) is 7.10. The van der Waals surface area contributed by atoms with Gasteiger partial charge in [0.15, 0.2) is 0 Å². The van der Waals surface area contributed by atoms with E-state index in [9.17, 15) is 19.7 Å². The van der Waals surface area contributed by atoms with Crippen molar-refractivity contribution >= 4 is 52.5 Å². The molecule has 2 aromatic carbocycles. The van der Waals surface area contributed by atoms with Crippen LogP contribution in [-0.2, 0) is 21.9 Å². The third-order valence-electron chi connectivity index (χ3n) is 5.90. The number of benzene rings is 2. The van der Waals surface area contributed by atoms with Gasteiger partial charge in [-0.3, -0.25) is 19.7 Å². The number of thioether (sulfide) groups is 1. The van der Waals surface area contributed by atoms with Crippen molar-refractivity contribution in [1.82, 2.24) is 10.2 Å². The quantitative estimate of drug-likeness (QED) is 0.322. The minimum absolute atomic E-state index is 0.0229. The van der Waals surface area contributed by atoms with E-state index in [2.05, 4.69) is 5.32 Å². The molecule has 0 spiro atoms. The summed E-state index contributed by atoms with van der Waals surface area (Å²) in [6.07, 6.45) is 4.09. The number of nitro benzene ring substituents is 1. The van der Waals surface area contributed by atoms with Gasteiger partial charge in [-0.2, -0.15) is 0 Å². The minimum Gasteiger partial charge on any atom is -0.352 e. The Hall–Kier alpha value is -2.29. The molecule has 0 radical (unpaired) electrons. The summed E-state index contributed by atoms with van der Waals surface area (Å²) in [6.45, 7) is 1.84. The topological polar surface area (TPSA) is 92.6 Å². The monoisotopic (exact) mass is 523 g/mol. The minimum atomic E-state index is -0.694. The molecule has 0 aliphatic heterocycles. The van der Waals surface area contributed by atoms with Crippen molar-refractivity contribution in [3.63, 3.8) is 0 Å². The van der Waals surface area contributed by atoms with Crippen molar-refractivity contribution in [3.8, 4) is 0 Å². The van der Waals surface area contributed by atoms with Crippen molar-refractivity contribution in [2.24, 2.45) is 0 Å². The van der Waals surface area contributed by atoms with Gasteiger partial charge in [-0.05, 0) is 37.5 Å². The molecular weight excluding hydrogens is 497 g/mol. The summed E-state index contributed by atoms with van der Waals surface area (Å²) in [5.41, 5.74) is 1.49. The predicted octanol–water partition coefficient (Wildman–Crippen LogP) is 5.61. The fraction of sp³-hybridized carbons (Fsp3) is 0.417. The Morgan fingerprint density at radius 1 is 1.15 bits per heavy atom. The summed E-state index contributed by atoms with van der Waals surface area (Å²) in [5.74, 6) is 0.244. The van der Waals surface area contributed by atoms with Crippen molar-refractivity contribution in [2.45, 2.75) is 57.0 Å². The highest BCUT2D eigenvalue weighted by molar-refractivity contribution is 7.99. The SMILES string of the molecule is CC(C(=O)NC1CCCC1)N(Cc1c(Cl)cccc1Cl)C(=O)CSCc1ccc([N+](=O)[O-])cc1. The number of nitrogens with zero attached hydrogens (tertiary/aromatic N) is 2. The summed E-state index contributed by atoms with van der Waals surface area (Å²) in [4.78, 5) is 38.1. The zero-order chi connectivity index (χ0) is 24.7. The molecule has 0 bridgehead atoms. The maximum absolute atomic E-state index is 13.2. The molecule has 0 aromatic heterocycles. The molecule has 1 aliphatic rings. The van der Waals surface area contributed by atoms with E-state index < -0.39 is 11.0 Å². The second-order valence-corrected chi connectivity index (χ2v) is 10.1. The molecule has 1 unspecified atom stereocenters. The maximum atomic E-state index is 13.2. The first-order valence-corrected chi connectivity index (χ1v) is 13.0. The Labute approximate surface area is 213 Å². The number of hydrogen-bond donors (Lipinski definition) is 1. The van der Waals surface area contributed by atoms with Gasteiger partial charge in [0.1, 0.15) is 6.04 Å². The van der Waals surface area contributed by atoms with Gasteiger partial charge >= 0.3 is 0 Å². The standard InChI is InChI=1S/C24H27Cl2N3O4S/c1-16(24(31)27-18-5-2-3-6-18)28(13-20-21(25)7-4-8-22(20)26)23(30)15-34-14-17-9-11-19(12-10-17)29(32)33/h4,7-12,16,18H,2-3,5-6,13-15H2,1H3,(H,27,31). The molecule has 0 heterocycles. The van der Waals surface area contributed by atoms with Crippen molar-refractivity contribution in [3.05, 3.63) is 73.8 Å². The van der Waals surface area contributed by atoms with Crippen LogP contribution in [0.25, 0.3) is 0 Å². The molecule has 1 aliphatic carbocycles. The average molecular weight is 524 g/mol. The number of nitrogens with one attached hydrogen (secondary N) is 1. The van der Waals surface area contributed by atoms with E-state index in [0.29, 0.717) is 21.4 Å². The van der Waals surface area contributed by atoms with Gasteiger partial charge in [0.05, 0.1) is 10.7 Å². The Kier molecular flexibility index (Phi) is 9.62. The summed E-state index contributed by atoms with van der Waals surface area (Å²) in [6, 6.07) is 10.8. The molecule has 3 rings (SSSR count).